The van der Waals surface area contributed by atoms with Crippen LogP contribution in [0.5, 0.6) is 0 Å². The molecule has 5 heteroatoms. The van der Waals surface area contributed by atoms with E-state index >= 15 is 0 Å². The third-order valence-corrected chi connectivity index (χ3v) is 5.59. The van der Waals surface area contributed by atoms with Crippen LogP contribution in [0.25, 0.3) is 0 Å². The van der Waals surface area contributed by atoms with E-state index in [2.05, 4.69) is 20.5 Å². The van der Waals surface area contributed by atoms with Gasteiger partial charge in [-0.15, -0.1) is 0 Å². The SMILES string of the molecule is CCNC(=O)c1cccc(CNC(=NC)N2CCC3(CCCC3)C2)c1. The van der Waals surface area contributed by atoms with Gasteiger partial charge in [0, 0.05) is 38.8 Å². The van der Waals surface area contributed by atoms with Gasteiger partial charge >= 0.3 is 0 Å². The lowest BCUT2D eigenvalue weighted by atomic mass is 9.86. The van der Waals surface area contributed by atoms with Gasteiger partial charge in [0.15, 0.2) is 5.96 Å². The quantitative estimate of drug-likeness (QED) is 0.653. The van der Waals surface area contributed by atoms with E-state index in [4.69, 9.17) is 0 Å². The van der Waals surface area contributed by atoms with Gasteiger partial charge in [-0.3, -0.25) is 9.79 Å². The van der Waals surface area contributed by atoms with Gasteiger partial charge in [-0.1, -0.05) is 25.0 Å². The number of hydrogen-bond donors (Lipinski definition) is 2. The van der Waals surface area contributed by atoms with Crippen molar-refractivity contribution < 1.29 is 4.79 Å². The molecule has 1 saturated heterocycles. The van der Waals surface area contributed by atoms with Crippen LogP contribution in [0.3, 0.4) is 0 Å². The molecule has 1 aliphatic carbocycles. The number of nitrogens with zero attached hydrogens (tertiary/aromatic N) is 2. The second kappa shape index (κ2) is 7.89. The van der Waals surface area contributed by atoms with Gasteiger partial charge in [0.2, 0.25) is 0 Å². The second-order valence-corrected chi connectivity index (χ2v) is 7.34. The molecule has 0 unspecified atom stereocenters. The molecule has 25 heavy (non-hydrogen) atoms. The summed E-state index contributed by atoms with van der Waals surface area (Å²) < 4.78 is 0. The Hall–Kier alpha value is -2.04. The van der Waals surface area contributed by atoms with E-state index in [0.29, 0.717) is 24.1 Å². The van der Waals surface area contributed by atoms with E-state index in [1.165, 1.54) is 32.1 Å². The summed E-state index contributed by atoms with van der Waals surface area (Å²) in [6, 6.07) is 7.79. The maximum Gasteiger partial charge on any atom is 0.251 e. The highest BCUT2D eigenvalue weighted by Crippen LogP contribution is 2.45. The minimum Gasteiger partial charge on any atom is -0.352 e. The smallest absolute Gasteiger partial charge is 0.251 e. The summed E-state index contributed by atoms with van der Waals surface area (Å²) in [5.74, 6) is 0.962. The highest BCUT2D eigenvalue weighted by Gasteiger charge is 2.41. The summed E-state index contributed by atoms with van der Waals surface area (Å²) in [6.45, 7) is 5.48. The largest absolute Gasteiger partial charge is 0.352 e. The van der Waals surface area contributed by atoms with Crippen LogP contribution in [-0.2, 0) is 6.54 Å². The molecule has 1 spiro atoms. The molecule has 2 N–H and O–H groups in total. The lowest BCUT2D eigenvalue weighted by Crippen LogP contribution is -2.40. The maximum absolute atomic E-state index is 12.0. The third kappa shape index (κ3) is 4.14. The fourth-order valence-corrected chi connectivity index (χ4v) is 4.25. The minimum absolute atomic E-state index is 0.0172. The highest BCUT2D eigenvalue weighted by atomic mass is 16.1. The molecule has 1 amide bonds. The third-order valence-electron chi connectivity index (χ3n) is 5.59. The van der Waals surface area contributed by atoms with E-state index in [1.54, 1.807) is 0 Å². The summed E-state index contributed by atoms with van der Waals surface area (Å²) in [6.07, 6.45) is 6.80. The van der Waals surface area contributed by atoms with Crippen LogP contribution in [-0.4, -0.2) is 43.4 Å². The lowest BCUT2D eigenvalue weighted by molar-refractivity contribution is 0.0955. The molecule has 1 aliphatic heterocycles. The molecule has 1 heterocycles. The van der Waals surface area contributed by atoms with Gasteiger partial charge in [0.05, 0.1) is 0 Å². The molecule has 0 radical (unpaired) electrons. The molecule has 0 atom stereocenters. The number of rotatable bonds is 4. The van der Waals surface area contributed by atoms with Crippen LogP contribution in [0.2, 0.25) is 0 Å². The van der Waals surface area contributed by atoms with Crippen molar-refractivity contribution in [1.29, 1.82) is 0 Å². The predicted molar refractivity (Wildman–Crippen MR) is 102 cm³/mol. The Bertz CT molecular complexity index is 634. The van der Waals surface area contributed by atoms with Crippen LogP contribution >= 0.6 is 0 Å². The zero-order valence-corrected chi connectivity index (χ0v) is 15.5. The zero-order chi connectivity index (χ0) is 17.7. The summed E-state index contributed by atoms with van der Waals surface area (Å²) >= 11 is 0. The standard InChI is InChI=1S/C20H30N4O/c1-3-22-18(25)17-8-6-7-16(13-17)14-23-19(21-2)24-12-11-20(15-24)9-4-5-10-20/h6-8,13H,3-5,9-12,14-15H2,1-2H3,(H,21,23)(H,22,25). The van der Waals surface area contributed by atoms with Gasteiger partial charge in [-0.2, -0.15) is 0 Å². The first kappa shape index (κ1) is 17.8. The Morgan fingerprint density at radius 2 is 2.04 bits per heavy atom. The molecule has 1 aromatic carbocycles. The molecule has 2 aliphatic rings. The summed E-state index contributed by atoms with van der Waals surface area (Å²) in [7, 11) is 1.85. The molecule has 1 saturated carbocycles. The Morgan fingerprint density at radius 3 is 2.76 bits per heavy atom. The first-order valence-electron chi connectivity index (χ1n) is 9.48. The molecule has 1 aromatic rings. The first-order chi connectivity index (χ1) is 12.2. The van der Waals surface area contributed by atoms with Crippen molar-refractivity contribution >= 4 is 11.9 Å². The molecule has 3 rings (SSSR count). The van der Waals surface area contributed by atoms with Crippen molar-refractivity contribution in [2.24, 2.45) is 10.4 Å². The topological polar surface area (TPSA) is 56.7 Å². The second-order valence-electron chi connectivity index (χ2n) is 7.34. The summed E-state index contributed by atoms with van der Waals surface area (Å²) in [5, 5.41) is 6.32. The van der Waals surface area contributed by atoms with E-state index in [9.17, 15) is 4.79 Å². The number of carbonyl (C=O) groups is 1. The van der Waals surface area contributed by atoms with Gasteiger partial charge < -0.3 is 15.5 Å². The zero-order valence-electron chi connectivity index (χ0n) is 15.5. The number of nitrogens with one attached hydrogen (secondary N) is 2. The van der Waals surface area contributed by atoms with Crippen molar-refractivity contribution in [3.05, 3.63) is 35.4 Å². The number of likely N-dealkylation sites (tertiary alicyclic amines) is 1. The van der Waals surface area contributed by atoms with E-state index in [0.717, 1.165) is 24.6 Å². The normalized spacial score (nSPS) is 19.4. The Labute approximate surface area is 150 Å². The van der Waals surface area contributed by atoms with Gasteiger partial charge in [-0.25, -0.2) is 0 Å². The van der Waals surface area contributed by atoms with Crippen molar-refractivity contribution in [3.63, 3.8) is 0 Å². The Morgan fingerprint density at radius 1 is 1.24 bits per heavy atom. The van der Waals surface area contributed by atoms with E-state index < -0.39 is 0 Å². The van der Waals surface area contributed by atoms with Crippen molar-refractivity contribution in [1.82, 2.24) is 15.5 Å². The van der Waals surface area contributed by atoms with Crippen molar-refractivity contribution in [2.45, 2.75) is 45.6 Å². The molecule has 0 aromatic heterocycles. The molecule has 5 nitrogen and oxygen atoms in total. The van der Waals surface area contributed by atoms with E-state index in [1.807, 2.05) is 38.2 Å². The molecule has 2 fully saturated rings. The lowest BCUT2D eigenvalue weighted by Gasteiger charge is -2.26. The summed E-state index contributed by atoms with van der Waals surface area (Å²) in [5.41, 5.74) is 2.34. The number of amides is 1. The van der Waals surface area contributed by atoms with Crippen molar-refractivity contribution in [3.8, 4) is 0 Å². The van der Waals surface area contributed by atoms with Crippen LogP contribution in [0.4, 0.5) is 0 Å². The first-order valence-corrected chi connectivity index (χ1v) is 9.48. The average molecular weight is 342 g/mol. The number of hydrogen-bond acceptors (Lipinski definition) is 2. The van der Waals surface area contributed by atoms with Crippen LogP contribution in [0.15, 0.2) is 29.3 Å². The number of carbonyl (C=O) groups excluding carboxylic acids is 1. The number of guanidine groups is 1. The molecular formula is C20H30N4O. The number of aliphatic imine (C=N–C) groups is 1. The fraction of sp³-hybridized carbons (Fsp3) is 0.600. The minimum atomic E-state index is -0.0172. The van der Waals surface area contributed by atoms with Gasteiger partial charge in [0.25, 0.3) is 5.91 Å². The van der Waals surface area contributed by atoms with Crippen molar-refractivity contribution in [2.75, 3.05) is 26.7 Å². The van der Waals surface area contributed by atoms with E-state index in [-0.39, 0.29) is 5.91 Å². The highest BCUT2D eigenvalue weighted by molar-refractivity contribution is 5.94. The van der Waals surface area contributed by atoms with Gasteiger partial charge in [-0.05, 0) is 49.3 Å². The molecular weight excluding hydrogens is 312 g/mol. The Balaban J connectivity index is 1.58. The monoisotopic (exact) mass is 342 g/mol. The molecule has 0 bridgehead atoms. The summed E-state index contributed by atoms with van der Waals surface area (Å²) in [4.78, 5) is 18.9. The molecule has 136 valence electrons. The van der Waals surface area contributed by atoms with Crippen LogP contribution in [0, 0.1) is 5.41 Å². The number of benzene rings is 1. The van der Waals surface area contributed by atoms with Gasteiger partial charge in [0.1, 0.15) is 0 Å². The Kier molecular flexibility index (Phi) is 5.61. The average Bonchev–Trinajstić information content (AvgIpc) is 3.26. The fourth-order valence-electron chi connectivity index (χ4n) is 4.25. The predicted octanol–water partition coefficient (Wildman–Crippen LogP) is 2.78. The van der Waals surface area contributed by atoms with Crippen LogP contribution < -0.4 is 10.6 Å². The van der Waals surface area contributed by atoms with Crippen LogP contribution in [0.1, 0.15) is 54.9 Å². The maximum atomic E-state index is 12.0.